The van der Waals surface area contributed by atoms with Crippen LogP contribution in [-0.4, -0.2) is 43.9 Å². The first-order valence-electron chi connectivity index (χ1n) is 7.74. The molecular weight excluding hydrogens is 324 g/mol. The number of ether oxygens (including phenoxy) is 1. The van der Waals surface area contributed by atoms with E-state index in [1.165, 1.54) is 6.20 Å². The number of hydrogen-bond donors (Lipinski definition) is 4. The fraction of sp³-hybridized carbons (Fsp3) is 0.235. The topological polar surface area (TPSA) is 120 Å². The van der Waals surface area contributed by atoms with Crippen molar-refractivity contribution in [3.63, 3.8) is 0 Å². The van der Waals surface area contributed by atoms with Gasteiger partial charge in [0.25, 0.3) is 0 Å². The molecule has 0 radical (unpaired) electrons. The number of carbonyl (C=O) groups is 1. The monoisotopic (exact) mass is 342 g/mol. The number of rotatable bonds is 6. The van der Waals surface area contributed by atoms with Crippen LogP contribution in [0.3, 0.4) is 0 Å². The van der Waals surface area contributed by atoms with Gasteiger partial charge in [-0.25, -0.2) is 14.8 Å². The molecule has 0 aliphatic rings. The molecule has 4 N–H and O–H groups in total. The molecule has 0 saturated carbocycles. The van der Waals surface area contributed by atoms with Crippen molar-refractivity contribution in [3.05, 3.63) is 60.0 Å². The first kappa shape index (κ1) is 16.9. The number of benzene rings is 1. The zero-order valence-electron chi connectivity index (χ0n) is 13.3. The van der Waals surface area contributed by atoms with E-state index in [0.29, 0.717) is 11.2 Å². The molecule has 3 rings (SSSR count). The van der Waals surface area contributed by atoms with E-state index < -0.39 is 18.3 Å². The van der Waals surface area contributed by atoms with Gasteiger partial charge in [0.05, 0.1) is 11.9 Å². The van der Waals surface area contributed by atoms with Crippen molar-refractivity contribution < 1.29 is 19.7 Å². The standard InChI is InChI=1S/C17H18N4O4/c22-14(9-20-17(24)25-10-11-4-2-1-3-5-11)15(23)13-8-19-16-12(21-13)6-7-18-16/h1-8,14-15,22-23H,9-10H2,(H,18,19)(H,20,24). The van der Waals surface area contributed by atoms with Crippen molar-refractivity contribution in [1.82, 2.24) is 20.3 Å². The molecule has 1 aromatic carbocycles. The molecular formula is C17H18N4O4. The van der Waals surface area contributed by atoms with Gasteiger partial charge < -0.3 is 25.3 Å². The van der Waals surface area contributed by atoms with Crippen molar-refractivity contribution in [2.45, 2.75) is 18.8 Å². The Balaban J connectivity index is 1.49. The lowest BCUT2D eigenvalue weighted by molar-refractivity contribution is 0.0159. The second-order valence-electron chi connectivity index (χ2n) is 5.46. The molecule has 2 atom stereocenters. The average molecular weight is 342 g/mol. The van der Waals surface area contributed by atoms with Gasteiger partial charge >= 0.3 is 6.09 Å². The molecule has 0 saturated heterocycles. The number of nitrogens with zero attached hydrogens (tertiary/aromatic N) is 2. The number of aromatic nitrogens is 3. The van der Waals surface area contributed by atoms with Gasteiger partial charge in [-0.2, -0.15) is 0 Å². The Morgan fingerprint density at radius 2 is 2.04 bits per heavy atom. The van der Waals surface area contributed by atoms with Crippen LogP contribution in [-0.2, 0) is 11.3 Å². The molecule has 130 valence electrons. The van der Waals surface area contributed by atoms with E-state index in [4.69, 9.17) is 4.74 Å². The van der Waals surface area contributed by atoms with E-state index in [-0.39, 0.29) is 18.8 Å². The Kier molecular flexibility index (Phi) is 5.22. The summed E-state index contributed by atoms with van der Waals surface area (Å²) in [5.41, 5.74) is 2.25. The molecule has 0 aliphatic carbocycles. The second kappa shape index (κ2) is 7.73. The van der Waals surface area contributed by atoms with E-state index in [1.54, 1.807) is 12.3 Å². The van der Waals surface area contributed by atoms with E-state index in [0.717, 1.165) is 5.56 Å². The van der Waals surface area contributed by atoms with Crippen LogP contribution < -0.4 is 5.32 Å². The lowest BCUT2D eigenvalue weighted by Gasteiger charge is -2.17. The third kappa shape index (κ3) is 4.31. The Morgan fingerprint density at radius 3 is 2.84 bits per heavy atom. The molecule has 0 bridgehead atoms. The first-order valence-corrected chi connectivity index (χ1v) is 7.74. The molecule has 8 heteroatoms. The van der Waals surface area contributed by atoms with Gasteiger partial charge in [-0.3, -0.25) is 0 Å². The summed E-state index contributed by atoms with van der Waals surface area (Å²) >= 11 is 0. The summed E-state index contributed by atoms with van der Waals surface area (Å²) in [6, 6.07) is 10.9. The van der Waals surface area contributed by atoms with E-state index >= 15 is 0 Å². The lowest BCUT2D eigenvalue weighted by atomic mass is 10.1. The largest absolute Gasteiger partial charge is 0.445 e. The van der Waals surface area contributed by atoms with Gasteiger partial charge in [0, 0.05) is 12.7 Å². The number of H-pyrrole nitrogens is 1. The van der Waals surface area contributed by atoms with Crippen molar-refractivity contribution in [3.8, 4) is 0 Å². The second-order valence-corrected chi connectivity index (χ2v) is 5.46. The lowest BCUT2D eigenvalue weighted by Crippen LogP contribution is -2.36. The summed E-state index contributed by atoms with van der Waals surface area (Å²) in [7, 11) is 0. The van der Waals surface area contributed by atoms with E-state index in [2.05, 4.69) is 20.3 Å². The van der Waals surface area contributed by atoms with Crippen molar-refractivity contribution in [2.75, 3.05) is 6.54 Å². The first-order chi connectivity index (χ1) is 12.1. The maximum atomic E-state index is 11.7. The zero-order chi connectivity index (χ0) is 17.6. The predicted octanol–water partition coefficient (Wildman–Crippen LogP) is 1.28. The molecule has 2 aromatic heterocycles. The average Bonchev–Trinajstić information content (AvgIpc) is 3.12. The summed E-state index contributed by atoms with van der Waals surface area (Å²) in [6.45, 7) is -0.0530. The van der Waals surface area contributed by atoms with Crippen LogP contribution in [0.15, 0.2) is 48.8 Å². The highest BCUT2D eigenvalue weighted by molar-refractivity contribution is 5.70. The van der Waals surface area contributed by atoms with Crippen LogP contribution in [0.2, 0.25) is 0 Å². The highest BCUT2D eigenvalue weighted by Gasteiger charge is 2.21. The third-order valence-corrected chi connectivity index (χ3v) is 3.62. The molecule has 0 aliphatic heterocycles. The molecule has 25 heavy (non-hydrogen) atoms. The van der Waals surface area contributed by atoms with Crippen LogP contribution in [0, 0.1) is 0 Å². The highest BCUT2D eigenvalue weighted by atomic mass is 16.5. The fourth-order valence-electron chi connectivity index (χ4n) is 2.26. The summed E-state index contributed by atoms with van der Waals surface area (Å²) < 4.78 is 5.04. The van der Waals surface area contributed by atoms with Gasteiger partial charge in [-0.15, -0.1) is 0 Å². The number of aliphatic hydroxyl groups is 2. The van der Waals surface area contributed by atoms with Gasteiger partial charge in [0.1, 0.15) is 24.3 Å². The van der Waals surface area contributed by atoms with Crippen LogP contribution in [0.1, 0.15) is 17.4 Å². The maximum absolute atomic E-state index is 11.7. The van der Waals surface area contributed by atoms with Crippen molar-refractivity contribution >= 4 is 17.3 Å². The number of nitrogens with one attached hydrogen (secondary N) is 2. The van der Waals surface area contributed by atoms with Crippen molar-refractivity contribution in [1.29, 1.82) is 0 Å². The van der Waals surface area contributed by atoms with E-state index in [9.17, 15) is 15.0 Å². The molecule has 1 amide bonds. The van der Waals surface area contributed by atoms with E-state index in [1.807, 2.05) is 30.3 Å². The summed E-state index contributed by atoms with van der Waals surface area (Å²) in [5.74, 6) is 0. The predicted molar refractivity (Wildman–Crippen MR) is 89.5 cm³/mol. The van der Waals surface area contributed by atoms with Crippen molar-refractivity contribution in [2.24, 2.45) is 0 Å². The number of fused-ring (bicyclic) bond motifs is 1. The Morgan fingerprint density at radius 1 is 1.24 bits per heavy atom. The number of alkyl carbamates (subject to hydrolysis) is 1. The summed E-state index contributed by atoms with van der Waals surface area (Å²) in [4.78, 5) is 22.9. The minimum Gasteiger partial charge on any atom is -0.445 e. The van der Waals surface area contributed by atoms with Gasteiger partial charge in [0.2, 0.25) is 0 Å². The Labute approximate surface area is 143 Å². The third-order valence-electron chi connectivity index (χ3n) is 3.62. The normalized spacial score (nSPS) is 13.4. The minimum atomic E-state index is -1.28. The minimum absolute atomic E-state index is 0.126. The van der Waals surface area contributed by atoms with Gasteiger partial charge in [0.15, 0.2) is 5.65 Å². The van der Waals surface area contributed by atoms with Crippen LogP contribution in [0.4, 0.5) is 4.79 Å². The maximum Gasteiger partial charge on any atom is 0.407 e. The Hall–Kier alpha value is -2.97. The SMILES string of the molecule is O=C(NCC(O)C(O)c1cnc2[nH]ccc2n1)OCc1ccccc1. The highest BCUT2D eigenvalue weighted by Crippen LogP contribution is 2.16. The number of aliphatic hydroxyl groups excluding tert-OH is 2. The number of aromatic amines is 1. The molecule has 8 nitrogen and oxygen atoms in total. The zero-order valence-corrected chi connectivity index (χ0v) is 13.3. The summed E-state index contributed by atoms with van der Waals surface area (Å²) in [6.07, 6.45) is -0.138. The van der Waals surface area contributed by atoms with Crippen LogP contribution >= 0.6 is 0 Å². The number of amides is 1. The number of carbonyl (C=O) groups excluding carboxylic acids is 1. The van der Waals surface area contributed by atoms with Gasteiger partial charge in [-0.1, -0.05) is 30.3 Å². The Bertz CT molecular complexity index is 837. The number of hydrogen-bond acceptors (Lipinski definition) is 6. The van der Waals surface area contributed by atoms with Crippen LogP contribution in [0.25, 0.3) is 11.2 Å². The molecule has 2 unspecified atom stereocenters. The fourth-order valence-corrected chi connectivity index (χ4v) is 2.26. The quantitative estimate of drug-likeness (QED) is 0.535. The molecule has 3 aromatic rings. The van der Waals surface area contributed by atoms with Gasteiger partial charge in [-0.05, 0) is 11.6 Å². The molecule has 2 heterocycles. The van der Waals surface area contributed by atoms with Crippen LogP contribution in [0.5, 0.6) is 0 Å². The molecule has 0 fully saturated rings. The summed E-state index contributed by atoms with van der Waals surface area (Å²) in [5, 5.41) is 22.6. The smallest absolute Gasteiger partial charge is 0.407 e. The molecule has 0 spiro atoms.